The summed E-state index contributed by atoms with van der Waals surface area (Å²) < 4.78 is 10.8. The summed E-state index contributed by atoms with van der Waals surface area (Å²) in [4.78, 5) is 14.8. The lowest BCUT2D eigenvalue weighted by atomic mass is 10.2. The summed E-state index contributed by atoms with van der Waals surface area (Å²) >= 11 is 0. The molecule has 5 heteroatoms. The van der Waals surface area contributed by atoms with Gasteiger partial charge in [0.2, 0.25) is 0 Å². The molecule has 0 bridgehead atoms. The summed E-state index contributed by atoms with van der Waals surface area (Å²) in [6, 6.07) is 8.48. The molecular weight excluding hydrogens is 246 g/mol. The first-order chi connectivity index (χ1) is 9.20. The largest absolute Gasteiger partial charge is 0.494 e. The Morgan fingerprint density at radius 1 is 1.21 bits per heavy atom. The zero-order valence-corrected chi connectivity index (χ0v) is 10.4. The lowest BCUT2D eigenvalue weighted by Gasteiger charge is -2.09. The van der Waals surface area contributed by atoms with Gasteiger partial charge in [-0.15, -0.1) is 0 Å². The number of hydrogen-bond acceptors (Lipinski definition) is 4. The van der Waals surface area contributed by atoms with E-state index in [-0.39, 0.29) is 11.3 Å². The van der Waals surface area contributed by atoms with E-state index in [0.29, 0.717) is 12.4 Å². The number of carboxylic acids is 1. The van der Waals surface area contributed by atoms with E-state index in [2.05, 4.69) is 4.98 Å². The molecule has 0 aliphatic rings. The van der Waals surface area contributed by atoms with E-state index in [0.717, 1.165) is 5.75 Å². The van der Waals surface area contributed by atoms with Crippen molar-refractivity contribution in [1.29, 1.82) is 0 Å². The van der Waals surface area contributed by atoms with Gasteiger partial charge in [-0.3, -0.25) is 4.98 Å². The highest BCUT2D eigenvalue weighted by Crippen LogP contribution is 2.26. The summed E-state index contributed by atoms with van der Waals surface area (Å²) in [5.74, 6) is 0.459. The minimum atomic E-state index is -1.07. The van der Waals surface area contributed by atoms with Gasteiger partial charge in [-0.05, 0) is 31.2 Å². The molecule has 0 spiro atoms. The van der Waals surface area contributed by atoms with Crippen molar-refractivity contribution in [3.8, 4) is 17.2 Å². The van der Waals surface area contributed by atoms with Crippen molar-refractivity contribution in [3.05, 3.63) is 48.3 Å². The van der Waals surface area contributed by atoms with E-state index in [1.54, 1.807) is 24.3 Å². The van der Waals surface area contributed by atoms with Gasteiger partial charge >= 0.3 is 5.97 Å². The fourth-order valence-electron chi connectivity index (χ4n) is 1.53. The van der Waals surface area contributed by atoms with Crippen molar-refractivity contribution in [3.63, 3.8) is 0 Å². The van der Waals surface area contributed by atoms with E-state index in [4.69, 9.17) is 14.6 Å². The number of pyridine rings is 1. The number of benzene rings is 1. The van der Waals surface area contributed by atoms with Crippen LogP contribution in [0, 0.1) is 0 Å². The maximum atomic E-state index is 11.0. The molecule has 19 heavy (non-hydrogen) atoms. The number of hydrogen-bond donors (Lipinski definition) is 1. The third kappa shape index (κ3) is 3.22. The zero-order valence-electron chi connectivity index (χ0n) is 10.4. The second-order valence-electron chi connectivity index (χ2n) is 3.68. The van der Waals surface area contributed by atoms with E-state index >= 15 is 0 Å². The topological polar surface area (TPSA) is 68.7 Å². The molecule has 1 N–H and O–H groups in total. The number of carboxylic acid groups (broad SMARTS) is 1. The average molecular weight is 259 g/mol. The smallest absolute Gasteiger partial charge is 0.341 e. The second kappa shape index (κ2) is 5.86. The highest BCUT2D eigenvalue weighted by molar-refractivity contribution is 5.90. The van der Waals surface area contributed by atoms with Gasteiger partial charge in [0, 0.05) is 18.5 Å². The van der Waals surface area contributed by atoms with Crippen LogP contribution in [0.1, 0.15) is 17.3 Å². The van der Waals surface area contributed by atoms with Crippen molar-refractivity contribution in [1.82, 2.24) is 4.98 Å². The monoisotopic (exact) mass is 259 g/mol. The van der Waals surface area contributed by atoms with Crippen molar-refractivity contribution in [2.75, 3.05) is 6.61 Å². The molecular formula is C14H13NO4. The first-order valence-corrected chi connectivity index (χ1v) is 5.78. The molecule has 0 atom stereocenters. The second-order valence-corrected chi connectivity index (χ2v) is 3.68. The van der Waals surface area contributed by atoms with Crippen LogP contribution in [0.15, 0.2) is 42.7 Å². The van der Waals surface area contributed by atoms with Gasteiger partial charge in [0.15, 0.2) is 0 Å². The Balaban J connectivity index is 2.19. The van der Waals surface area contributed by atoms with Gasteiger partial charge in [0.25, 0.3) is 0 Å². The van der Waals surface area contributed by atoms with E-state index in [1.807, 2.05) is 6.92 Å². The Morgan fingerprint density at radius 3 is 2.53 bits per heavy atom. The van der Waals surface area contributed by atoms with Crippen LogP contribution in [0.25, 0.3) is 0 Å². The van der Waals surface area contributed by atoms with Gasteiger partial charge in [0.1, 0.15) is 22.8 Å². The first kappa shape index (κ1) is 12.9. The Kier molecular flexibility index (Phi) is 3.97. The number of carbonyl (C=O) groups is 1. The Bertz CT molecular complexity index is 566. The molecule has 0 aliphatic carbocycles. The van der Waals surface area contributed by atoms with Crippen LogP contribution in [0.4, 0.5) is 0 Å². The third-order valence-electron chi connectivity index (χ3n) is 2.37. The summed E-state index contributed by atoms with van der Waals surface area (Å²) in [7, 11) is 0. The minimum Gasteiger partial charge on any atom is -0.494 e. The molecule has 0 radical (unpaired) electrons. The van der Waals surface area contributed by atoms with Crippen LogP contribution in [0.3, 0.4) is 0 Å². The molecule has 0 saturated carbocycles. The fraction of sp³-hybridized carbons (Fsp3) is 0.143. The predicted octanol–water partition coefficient (Wildman–Crippen LogP) is 2.97. The van der Waals surface area contributed by atoms with Gasteiger partial charge in [-0.1, -0.05) is 0 Å². The van der Waals surface area contributed by atoms with Crippen LogP contribution < -0.4 is 9.47 Å². The molecule has 2 aromatic rings. The van der Waals surface area contributed by atoms with Crippen LogP contribution in [-0.4, -0.2) is 22.7 Å². The van der Waals surface area contributed by atoms with Crippen LogP contribution >= 0.6 is 0 Å². The fourth-order valence-corrected chi connectivity index (χ4v) is 1.53. The third-order valence-corrected chi connectivity index (χ3v) is 2.37. The van der Waals surface area contributed by atoms with Crippen molar-refractivity contribution >= 4 is 5.97 Å². The van der Waals surface area contributed by atoms with Crippen LogP contribution in [0.5, 0.6) is 17.2 Å². The number of ether oxygens (including phenoxy) is 2. The molecule has 1 aromatic heterocycles. The molecule has 0 amide bonds. The van der Waals surface area contributed by atoms with E-state index in [1.165, 1.54) is 18.5 Å². The van der Waals surface area contributed by atoms with Crippen molar-refractivity contribution in [2.24, 2.45) is 0 Å². The highest BCUT2D eigenvalue weighted by Gasteiger charge is 2.11. The lowest BCUT2D eigenvalue weighted by Crippen LogP contribution is -2.00. The van der Waals surface area contributed by atoms with Crippen molar-refractivity contribution < 1.29 is 19.4 Å². The van der Waals surface area contributed by atoms with E-state index < -0.39 is 5.97 Å². The standard InChI is InChI=1S/C14H13NO4/c1-2-18-10-3-5-11(6-4-10)19-13-7-8-15-9-12(13)14(16)17/h3-9H,2H2,1H3,(H,16,17). The highest BCUT2D eigenvalue weighted by atomic mass is 16.5. The molecule has 0 fully saturated rings. The molecule has 1 heterocycles. The summed E-state index contributed by atoms with van der Waals surface area (Å²) in [6.07, 6.45) is 2.74. The maximum absolute atomic E-state index is 11.0. The molecule has 5 nitrogen and oxygen atoms in total. The average Bonchev–Trinajstić information content (AvgIpc) is 2.42. The molecule has 98 valence electrons. The molecule has 0 saturated heterocycles. The Morgan fingerprint density at radius 2 is 1.89 bits per heavy atom. The SMILES string of the molecule is CCOc1ccc(Oc2ccncc2C(=O)O)cc1. The normalized spacial score (nSPS) is 9.95. The Labute approximate surface area is 110 Å². The number of aromatic nitrogens is 1. The molecule has 2 rings (SSSR count). The van der Waals surface area contributed by atoms with Gasteiger partial charge in [0.05, 0.1) is 6.61 Å². The molecule has 0 unspecified atom stereocenters. The molecule has 1 aromatic carbocycles. The lowest BCUT2D eigenvalue weighted by molar-refractivity contribution is 0.0693. The summed E-state index contributed by atoms with van der Waals surface area (Å²) in [5.41, 5.74) is 0.0244. The van der Waals surface area contributed by atoms with Crippen LogP contribution in [-0.2, 0) is 0 Å². The predicted molar refractivity (Wildman–Crippen MR) is 68.9 cm³/mol. The molecule has 0 aliphatic heterocycles. The van der Waals surface area contributed by atoms with Crippen molar-refractivity contribution in [2.45, 2.75) is 6.92 Å². The van der Waals surface area contributed by atoms with Gasteiger partial charge in [-0.2, -0.15) is 0 Å². The first-order valence-electron chi connectivity index (χ1n) is 5.78. The Hall–Kier alpha value is -2.56. The van der Waals surface area contributed by atoms with Gasteiger partial charge < -0.3 is 14.6 Å². The zero-order chi connectivity index (χ0) is 13.7. The summed E-state index contributed by atoms with van der Waals surface area (Å²) in [5, 5.41) is 9.02. The minimum absolute atomic E-state index is 0.0244. The number of aromatic carboxylic acids is 1. The van der Waals surface area contributed by atoms with Gasteiger partial charge in [-0.25, -0.2) is 4.79 Å². The number of rotatable bonds is 5. The summed E-state index contributed by atoms with van der Waals surface area (Å²) in [6.45, 7) is 2.49. The van der Waals surface area contributed by atoms with Crippen LogP contribution in [0.2, 0.25) is 0 Å². The quantitative estimate of drug-likeness (QED) is 0.893. The number of nitrogens with zero attached hydrogens (tertiary/aromatic N) is 1. The van der Waals surface area contributed by atoms with E-state index in [9.17, 15) is 4.79 Å². The maximum Gasteiger partial charge on any atom is 0.341 e.